The van der Waals surface area contributed by atoms with Gasteiger partial charge in [0.25, 0.3) is 11.5 Å². The van der Waals surface area contributed by atoms with Crippen LogP contribution in [0, 0.1) is 0 Å². The summed E-state index contributed by atoms with van der Waals surface area (Å²) in [6, 6.07) is 6.95. The zero-order valence-corrected chi connectivity index (χ0v) is 15.0. The number of benzene rings is 1. The molecule has 0 aliphatic carbocycles. The number of hydrogen-bond donors (Lipinski definition) is 3. The number of hydrogen-bond acceptors (Lipinski definition) is 6. The van der Waals surface area contributed by atoms with E-state index < -0.39 is 16.9 Å². The summed E-state index contributed by atoms with van der Waals surface area (Å²) in [5, 5.41) is 13.5. The highest BCUT2D eigenvalue weighted by Crippen LogP contribution is 2.25. The van der Waals surface area contributed by atoms with E-state index in [4.69, 9.17) is 10.5 Å². The molecule has 0 fully saturated rings. The molecule has 9 nitrogen and oxygen atoms in total. The number of ether oxygens (including phenoxy) is 1. The van der Waals surface area contributed by atoms with Crippen LogP contribution in [0.2, 0.25) is 0 Å². The van der Waals surface area contributed by atoms with Crippen LogP contribution in [0.3, 0.4) is 0 Å². The maximum Gasteiger partial charge on any atom is 0.295 e. The first-order valence-electron chi connectivity index (χ1n) is 7.95. The van der Waals surface area contributed by atoms with Gasteiger partial charge < -0.3 is 15.8 Å². The van der Waals surface area contributed by atoms with E-state index in [1.54, 1.807) is 24.3 Å². The average molecular weight is 356 g/mol. The zero-order valence-electron chi connectivity index (χ0n) is 15.0. The fourth-order valence-corrected chi connectivity index (χ4v) is 2.58. The van der Waals surface area contributed by atoms with Crippen LogP contribution in [0.15, 0.2) is 29.1 Å². The first kappa shape index (κ1) is 17.5. The van der Waals surface area contributed by atoms with Crippen molar-refractivity contribution in [3.8, 4) is 5.75 Å². The van der Waals surface area contributed by atoms with E-state index >= 15 is 0 Å². The molecule has 0 bridgehead atoms. The van der Waals surface area contributed by atoms with Gasteiger partial charge in [-0.05, 0) is 12.1 Å². The maximum atomic E-state index is 12.7. The van der Waals surface area contributed by atoms with Crippen molar-refractivity contribution in [1.29, 1.82) is 0 Å². The van der Waals surface area contributed by atoms with Gasteiger partial charge in [-0.25, -0.2) is 0 Å². The number of methoxy groups -OCH3 is 1. The molecular weight excluding hydrogens is 336 g/mol. The lowest BCUT2D eigenvalue weighted by Crippen LogP contribution is -2.30. The van der Waals surface area contributed by atoms with E-state index in [-0.39, 0.29) is 22.7 Å². The van der Waals surface area contributed by atoms with E-state index in [0.717, 1.165) is 4.52 Å². The molecule has 0 spiro atoms. The first-order chi connectivity index (χ1) is 12.2. The van der Waals surface area contributed by atoms with Crippen molar-refractivity contribution in [2.24, 2.45) is 0 Å². The van der Waals surface area contributed by atoms with E-state index in [0.29, 0.717) is 11.4 Å². The van der Waals surface area contributed by atoms with Gasteiger partial charge in [-0.3, -0.25) is 14.7 Å². The highest BCUT2D eigenvalue weighted by atomic mass is 16.5. The molecule has 3 aromatic rings. The average Bonchev–Trinajstić information content (AvgIpc) is 2.91. The van der Waals surface area contributed by atoms with Crippen molar-refractivity contribution in [3.63, 3.8) is 0 Å². The van der Waals surface area contributed by atoms with Crippen LogP contribution in [0.4, 0.5) is 11.5 Å². The predicted molar refractivity (Wildman–Crippen MR) is 97.7 cm³/mol. The van der Waals surface area contributed by atoms with Crippen molar-refractivity contribution in [3.05, 3.63) is 45.9 Å². The molecule has 0 saturated heterocycles. The molecule has 0 atom stereocenters. The number of anilines is 2. The lowest BCUT2D eigenvalue weighted by atomic mass is 9.93. The normalized spacial score (nSPS) is 11.5. The quantitative estimate of drug-likeness (QED) is 0.653. The molecule has 0 radical (unpaired) electrons. The van der Waals surface area contributed by atoms with Gasteiger partial charge in [0.2, 0.25) is 0 Å². The highest BCUT2D eigenvalue weighted by Gasteiger charge is 2.26. The van der Waals surface area contributed by atoms with Gasteiger partial charge in [0.05, 0.1) is 12.8 Å². The number of nitrogens with two attached hydrogens (primary N) is 1. The van der Waals surface area contributed by atoms with Crippen LogP contribution >= 0.6 is 0 Å². The minimum atomic E-state index is -0.525. The summed E-state index contributed by atoms with van der Waals surface area (Å²) in [6.07, 6.45) is 0. The fraction of sp³-hybridized carbons (Fsp3) is 0.294. The van der Waals surface area contributed by atoms with Crippen LogP contribution in [0.25, 0.3) is 5.65 Å². The molecule has 1 amide bonds. The number of carbonyl (C=O) groups excluding carboxylic acids is 1. The summed E-state index contributed by atoms with van der Waals surface area (Å²) in [7, 11) is 1.50. The monoisotopic (exact) mass is 356 g/mol. The van der Waals surface area contributed by atoms with E-state index in [9.17, 15) is 9.59 Å². The molecule has 0 saturated carbocycles. The standard InChI is InChI=1S/C17H20N6O3/c1-17(2,3)12-16(25)23-14(21-20-12)11(13(18)22-23)15(24)19-9-7-5-6-8-10(9)26-4/h5-8,22H,18H2,1-4H3,(H,19,24). The van der Waals surface area contributed by atoms with Gasteiger partial charge in [0.1, 0.15) is 22.8 Å². The Morgan fingerprint density at radius 1 is 1.27 bits per heavy atom. The summed E-state index contributed by atoms with van der Waals surface area (Å²) >= 11 is 0. The van der Waals surface area contributed by atoms with Crippen molar-refractivity contribution in [1.82, 2.24) is 19.8 Å². The third kappa shape index (κ3) is 2.87. The largest absolute Gasteiger partial charge is 0.495 e. The van der Waals surface area contributed by atoms with Crippen molar-refractivity contribution in [2.45, 2.75) is 26.2 Å². The number of nitrogen functional groups attached to an aromatic ring is 1. The lowest BCUT2D eigenvalue weighted by molar-refractivity contribution is 0.102. The van der Waals surface area contributed by atoms with Gasteiger partial charge in [0, 0.05) is 5.41 Å². The Kier molecular flexibility index (Phi) is 4.15. The number of nitrogens with one attached hydrogen (secondary N) is 2. The molecule has 0 aliphatic rings. The summed E-state index contributed by atoms with van der Waals surface area (Å²) in [6.45, 7) is 5.56. The second kappa shape index (κ2) is 6.17. The molecule has 4 N–H and O–H groups in total. The number of amides is 1. The number of carbonyl (C=O) groups is 1. The Morgan fingerprint density at radius 2 is 1.96 bits per heavy atom. The van der Waals surface area contributed by atoms with E-state index in [2.05, 4.69) is 20.6 Å². The summed E-state index contributed by atoms with van der Waals surface area (Å²) < 4.78 is 6.36. The predicted octanol–water partition coefficient (Wildman–Crippen LogP) is 1.56. The highest BCUT2D eigenvalue weighted by molar-refractivity contribution is 6.11. The summed E-state index contributed by atoms with van der Waals surface area (Å²) in [4.78, 5) is 25.4. The first-order valence-corrected chi connectivity index (χ1v) is 7.95. The third-order valence-corrected chi connectivity index (χ3v) is 3.88. The number of fused-ring (bicyclic) bond motifs is 1. The van der Waals surface area contributed by atoms with Crippen LogP contribution < -0.4 is 21.3 Å². The lowest BCUT2D eigenvalue weighted by Gasteiger charge is -2.15. The number of rotatable bonds is 3. The Morgan fingerprint density at radius 3 is 2.62 bits per heavy atom. The van der Waals surface area contributed by atoms with Crippen LogP contribution in [-0.4, -0.2) is 32.8 Å². The number of aromatic amines is 1. The van der Waals surface area contributed by atoms with Crippen LogP contribution in [-0.2, 0) is 5.41 Å². The summed E-state index contributed by atoms with van der Waals surface area (Å²) in [5.74, 6) is -0.00431. The van der Waals surface area contributed by atoms with Crippen LogP contribution in [0.1, 0.15) is 36.8 Å². The number of para-hydroxylation sites is 2. The van der Waals surface area contributed by atoms with Gasteiger partial charge in [-0.15, -0.1) is 10.2 Å². The number of aromatic nitrogens is 4. The molecular formula is C17H20N6O3. The Bertz CT molecular complexity index is 1040. The second-order valence-electron chi connectivity index (χ2n) is 6.82. The molecule has 0 unspecified atom stereocenters. The molecule has 3 rings (SSSR count). The summed E-state index contributed by atoms with van der Waals surface area (Å²) in [5.41, 5.74) is 5.89. The SMILES string of the molecule is COc1ccccc1NC(=O)c1c(N)[nH]n2c(=O)c(C(C)(C)C)nnc12. The molecule has 9 heteroatoms. The topological polar surface area (TPSA) is 127 Å². The van der Waals surface area contributed by atoms with Crippen LogP contribution in [0.5, 0.6) is 5.75 Å². The van der Waals surface area contributed by atoms with Gasteiger partial charge >= 0.3 is 0 Å². The second-order valence-corrected chi connectivity index (χ2v) is 6.82. The molecule has 136 valence electrons. The minimum Gasteiger partial charge on any atom is -0.495 e. The maximum absolute atomic E-state index is 12.7. The van der Waals surface area contributed by atoms with Crippen molar-refractivity contribution < 1.29 is 9.53 Å². The van der Waals surface area contributed by atoms with Gasteiger partial charge in [-0.1, -0.05) is 32.9 Å². The van der Waals surface area contributed by atoms with Gasteiger partial charge in [-0.2, -0.15) is 4.52 Å². The zero-order chi connectivity index (χ0) is 19.1. The Hall–Kier alpha value is -3.36. The van der Waals surface area contributed by atoms with Crippen molar-refractivity contribution >= 4 is 23.1 Å². The smallest absolute Gasteiger partial charge is 0.295 e. The van der Waals surface area contributed by atoms with E-state index in [1.165, 1.54) is 7.11 Å². The molecule has 2 aromatic heterocycles. The van der Waals surface area contributed by atoms with Gasteiger partial charge in [0.15, 0.2) is 5.65 Å². The number of nitrogens with zero attached hydrogens (tertiary/aromatic N) is 3. The molecule has 1 aromatic carbocycles. The minimum absolute atomic E-state index is 0.0230. The Balaban J connectivity index is 2.08. The molecule has 2 heterocycles. The van der Waals surface area contributed by atoms with E-state index in [1.807, 2.05) is 20.8 Å². The molecule has 26 heavy (non-hydrogen) atoms. The Labute approximate surface area is 149 Å². The molecule has 0 aliphatic heterocycles. The third-order valence-electron chi connectivity index (χ3n) is 3.88. The van der Waals surface area contributed by atoms with Crippen molar-refractivity contribution in [2.75, 3.05) is 18.2 Å². The number of H-pyrrole nitrogens is 1. The fourth-order valence-electron chi connectivity index (χ4n) is 2.58.